The Morgan fingerprint density at radius 1 is 1.00 bits per heavy atom. The van der Waals surface area contributed by atoms with Gasteiger partial charge in [-0.1, -0.05) is 12.8 Å². The first kappa shape index (κ1) is 10.9. The summed E-state index contributed by atoms with van der Waals surface area (Å²) in [6, 6.07) is 0. The van der Waals surface area contributed by atoms with Crippen molar-refractivity contribution in [3.63, 3.8) is 0 Å². The number of esters is 1. The van der Waals surface area contributed by atoms with Gasteiger partial charge in [-0.3, -0.25) is 9.69 Å². The quantitative estimate of drug-likeness (QED) is 0.623. The molecule has 1 atom stereocenters. The molecule has 2 fully saturated rings. The molecule has 0 aromatic rings. The normalized spacial score (nSPS) is 30.4. The number of likely N-dealkylation sites (tertiary alicyclic amines) is 1. The summed E-state index contributed by atoms with van der Waals surface area (Å²) in [5.74, 6) is 0.00815. The van der Waals surface area contributed by atoms with Crippen LogP contribution in [-0.2, 0) is 9.53 Å². The Morgan fingerprint density at radius 2 is 1.73 bits per heavy atom. The molecular weight excluding hydrogens is 190 g/mol. The van der Waals surface area contributed by atoms with Crippen LogP contribution >= 0.6 is 0 Å². The predicted octanol–water partition coefficient (Wildman–Crippen LogP) is 2.31. The van der Waals surface area contributed by atoms with Crippen molar-refractivity contribution in [1.82, 2.24) is 4.90 Å². The Bertz CT molecular complexity index is 212. The lowest BCUT2D eigenvalue weighted by atomic mass is 10.1. The summed E-state index contributed by atoms with van der Waals surface area (Å²) in [5.41, 5.74) is 0. The highest BCUT2D eigenvalue weighted by atomic mass is 16.6. The van der Waals surface area contributed by atoms with Gasteiger partial charge in [0.15, 0.2) is 6.23 Å². The first-order valence-corrected chi connectivity index (χ1v) is 6.30. The third kappa shape index (κ3) is 3.20. The zero-order valence-electron chi connectivity index (χ0n) is 9.41. The van der Waals surface area contributed by atoms with E-state index < -0.39 is 0 Å². The maximum absolute atomic E-state index is 11.5. The summed E-state index contributed by atoms with van der Waals surface area (Å²) in [5, 5.41) is 0. The van der Waals surface area contributed by atoms with Crippen molar-refractivity contribution in [2.24, 2.45) is 0 Å². The average Bonchev–Trinajstić information content (AvgIpc) is 2.74. The van der Waals surface area contributed by atoms with E-state index in [9.17, 15) is 4.79 Å². The van der Waals surface area contributed by atoms with Gasteiger partial charge < -0.3 is 4.74 Å². The molecule has 86 valence electrons. The molecule has 3 nitrogen and oxygen atoms in total. The van der Waals surface area contributed by atoms with Crippen LogP contribution in [0.5, 0.6) is 0 Å². The topological polar surface area (TPSA) is 29.5 Å². The number of carbonyl (C=O) groups excluding carboxylic acids is 1. The monoisotopic (exact) mass is 211 g/mol. The standard InChI is InChI=1S/C12H21NO2/c14-12-8-4-2-1-3-7-11(15-12)13-9-5-6-10-13/h11H,1-10H2/t11-/m1/s1. The maximum atomic E-state index is 11.5. The summed E-state index contributed by atoms with van der Waals surface area (Å²) in [6.45, 7) is 2.22. The van der Waals surface area contributed by atoms with E-state index in [4.69, 9.17) is 4.74 Å². The number of carbonyl (C=O) groups is 1. The van der Waals surface area contributed by atoms with Crippen molar-refractivity contribution < 1.29 is 9.53 Å². The highest BCUT2D eigenvalue weighted by molar-refractivity contribution is 5.69. The second-order valence-electron chi connectivity index (χ2n) is 4.64. The number of ether oxygens (including phenoxy) is 1. The fourth-order valence-electron chi connectivity index (χ4n) is 2.50. The van der Waals surface area contributed by atoms with E-state index in [2.05, 4.69) is 4.90 Å². The first-order valence-electron chi connectivity index (χ1n) is 6.30. The largest absolute Gasteiger partial charge is 0.446 e. The molecule has 0 bridgehead atoms. The summed E-state index contributed by atoms with van der Waals surface area (Å²) in [6.07, 6.45) is 8.89. The van der Waals surface area contributed by atoms with Crippen LogP contribution < -0.4 is 0 Å². The van der Waals surface area contributed by atoms with Gasteiger partial charge in [-0.05, 0) is 32.1 Å². The van der Waals surface area contributed by atoms with E-state index in [-0.39, 0.29) is 12.2 Å². The van der Waals surface area contributed by atoms with Crippen molar-refractivity contribution >= 4 is 5.97 Å². The Balaban J connectivity index is 1.90. The molecule has 2 aliphatic heterocycles. The van der Waals surface area contributed by atoms with Gasteiger partial charge in [0.1, 0.15) is 0 Å². The number of cyclic esters (lactones) is 1. The van der Waals surface area contributed by atoms with Crippen LogP contribution in [0.15, 0.2) is 0 Å². The summed E-state index contributed by atoms with van der Waals surface area (Å²) >= 11 is 0. The Morgan fingerprint density at radius 3 is 2.53 bits per heavy atom. The molecular formula is C12H21NO2. The van der Waals surface area contributed by atoms with Gasteiger partial charge >= 0.3 is 5.97 Å². The lowest BCUT2D eigenvalue weighted by Gasteiger charge is -2.26. The molecule has 0 unspecified atom stereocenters. The molecule has 2 aliphatic rings. The smallest absolute Gasteiger partial charge is 0.307 e. The van der Waals surface area contributed by atoms with Gasteiger partial charge in [0.05, 0.1) is 0 Å². The van der Waals surface area contributed by atoms with Crippen molar-refractivity contribution in [2.75, 3.05) is 13.1 Å². The molecule has 0 aromatic carbocycles. The molecule has 2 rings (SSSR count). The molecule has 15 heavy (non-hydrogen) atoms. The molecule has 3 heteroatoms. The average molecular weight is 211 g/mol. The van der Waals surface area contributed by atoms with E-state index in [0.29, 0.717) is 6.42 Å². The molecule has 0 amide bonds. The molecule has 0 aromatic heterocycles. The van der Waals surface area contributed by atoms with E-state index in [1.54, 1.807) is 0 Å². The highest BCUT2D eigenvalue weighted by Gasteiger charge is 2.25. The van der Waals surface area contributed by atoms with Gasteiger partial charge in [0, 0.05) is 19.5 Å². The minimum Gasteiger partial charge on any atom is -0.446 e. The van der Waals surface area contributed by atoms with E-state index in [1.807, 2.05) is 0 Å². The number of hydrogen-bond acceptors (Lipinski definition) is 3. The number of hydrogen-bond donors (Lipinski definition) is 0. The molecule has 0 N–H and O–H groups in total. The van der Waals surface area contributed by atoms with Gasteiger partial charge in [-0.2, -0.15) is 0 Å². The zero-order valence-corrected chi connectivity index (χ0v) is 9.41. The van der Waals surface area contributed by atoms with Crippen molar-refractivity contribution in [3.8, 4) is 0 Å². The Labute approximate surface area is 91.8 Å². The highest BCUT2D eigenvalue weighted by Crippen LogP contribution is 2.20. The fraction of sp³-hybridized carbons (Fsp3) is 0.917. The minimum absolute atomic E-state index is 0.00815. The second kappa shape index (κ2) is 5.50. The van der Waals surface area contributed by atoms with E-state index in [0.717, 1.165) is 25.9 Å². The summed E-state index contributed by atoms with van der Waals surface area (Å²) < 4.78 is 5.54. The molecule has 0 radical (unpaired) electrons. The Kier molecular flexibility index (Phi) is 4.01. The van der Waals surface area contributed by atoms with Crippen molar-refractivity contribution in [2.45, 2.75) is 57.6 Å². The number of rotatable bonds is 1. The van der Waals surface area contributed by atoms with Crippen LogP contribution in [0.4, 0.5) is 0 Å². The van der Waals surface area contributed by atoms with Crippen LogP contribution in [0.3, 0.4) is 0 Å². The van der Waals surface area contributed by atoms with Crippen LogP contribution in [0, 0.1) is 0 Å². The van der Waals surface area contributed by atoms with E-state index in [1.165, 1.54) is 32.1 Å². The molecule has 0 aliphatic carbocycles. The third-order valence-corrected chi connectivity index (χ3v) is 3.40. The molecule has 0 spiro atoms. The van der Waals surface area contributed by atoms with Gasteiger partial charge in [-0.25, -0.2) is 0 Å². The fourth-order valence-corrected chi connectivity index (χ4v) is 2.50. The van der Waals surface area contributed by atoms with E-state index >= 15 is 0 Å². The predicted molar refractivity (Wildman–Crippen MR) is 58.4 cm³/mol. The zero-order chi connectivity index (χ0) is 10.5. The van der Waals surface area contributed by atoms with Gasteiger partial charge in [0.2, 0.25) is 0 Å². The second-order valence-corrected chi connectivity index (χ2v) is 4.64. The van der Waals surface area contributed by atoms with Crippen molar-refractivity contribution in [1.29, 1.82) is 0 Å². The van der Waals surface area contributed by atoms with Crippen molar-refractivity contribution in [3.05, 3.63) is 0 Å². The summed E-state index contributed by atoms with van der Waals surface area (Å²) in [7, 11) is 0. The Hall–Kier alpha value is -0.570. The third-order valence-electron chi connectivity index (χ3n) is 3.40. The van der Waals surface area contributed by atoms with Gasteiger partial charge in [-0.15, -0.1) is 0 Å². The lowest BCUT2D eigenvalue weighted by molar-refractivity contribution is -0.158. The maximum Gasteiger partial charge on any atom is 0.307 e. The van der Waals surface area contributed by atoms with Gasteiger partial charge in [0.25, 0.3) is 0 Å². The molecule has 2 saturated heterocycles. The van der Waals surface area contributed by atoms with Crippen LogP contribution in [0.2, 0.25) is 0 Å². The SMILES string of the molecule is O=C1CCCCCC[C@H](N2CCCC2)O1. The molecule has 2 heterocycles. The molecule has 0 saturated carbocycles. The minimum atomic E-state index is 0.00815. The summed E-state index contributed by atoms with van der Waals surface area (Å²) in [4.78, 5) is 13.8. The van der Waals surface area contributed by atoms with Crippen LogP contribution in [0.1, 0.15) is 51.4 Å². The van der Waals surface area contributed by atoms with Crippen LogP contribution in [0.25, 0.3) is 0 Å². The van der Waals surface area contributed by atoms with Crippen LogP contribution in [-0.4, -0.2) is 30.2 Å². The lowest BCUT2D eigenvalue weighted by Crippen LogP contribution is -2.36. The number of nitrogens with zero attached hydrogens (tertiary/aromatic N) is 1. The first-order chi connectivity index (χ1) is 7.36.